The van der Waals surface area contributed by atoms with Gasteiger partial charge in [0.25, 0.3) is 29.8 Å². The van der Waals surface area contributed by atoms with Gasteiger partial charge in [-0.3, -0.25) is 47.9 Å². The average Bonchev–Trinajstić information content (AvgIpc) is 1.55. The Morgan fingerprint density at radius 2 is 0.560 bits per heavy atom. The van der Waals surface area contributed by atoms with E-state index in [4.69, 9.17) is 49.5 Å². The van der Waals surface area contributed by atoms with Gasteiger partial charge >= 0.3 is 0 Å². The third-order valence-corrected chi connectivity index (χ3v) is 32.2. The number of unbranched alkanes of at least 4 members (excludes halogenated alkanes) is 1. The molecule has 834 valence electrons. The number of carbonyl (C=O) groups is 10. The molecular formula is C125H189N5O20. The molecule has 9 fully saturated rings. The van der Waals surface area contributed by atoms with E-state index in [1.54, 1.807) is 0 Å². The molecule has 5 amide bonds. The van der Waals surface area contributed by atoms with Crippen molar-refractivity contribution >= 4 is 59.4 Å². The van der Waals surface area contributed by atoms with Gasteiger partial charge in [-0.2, -0.15) is 0 Å². The summed E-state index contributed by atoms with van der Waals surface area (Å²) >= 11 is 0. The van der Waals surface area contributed by atoms with Crippen LogP contribution in [0.15, 0.2) is 182 Å². The molecule has 15 rings (SSSR count). The maximum Gasteiger partial charge on any atom is 0.300 e. The molecule has 0 spiro atoms. The molecule has 4 aliphatic carbocycles. The van der Waals surface area contributed by atoms with Gasteiger partial charge in [-0.05, 0) is 292 Å². The predicted octanol–water partition coefficient (Wildman–Crippen LogP) is 23.2. The highest BCUT2D eigenvalue weighted by atomic mass is 16.4. The molecule has 5 aliphatic heterocycles. The standard InChI is InChI=1S/C24H35NO2.C23H29NO2.C23H35NO2.C23H37NO2.C22H33NO2.5C2H4O2/c26-22(24(15-5-16-24)18-20-10-11-20)14-17-25-21(12-13-23(25)27)9-4-8-19-6-2-1-3-7-19;25-22(18-20-10-5-2-6-11-20)16-17-24-21(14-15-23(24)26)13-7-12-19-8-3-1-4-9-19;1-2-15-23(16-7-17-23)21(25)14-18-24-20(12-13-22(24)26)11-6-10-19-8-4-3-5-9-19;1-4-5-17-23(2,3)21(25)16-18-24-20(14-15-22(24)26)13-9-12-19-10-7-6-8-11-19;1-2-22(15-7-16-22)20(24)14-17-23-19(12-13-21(23)25)11-6-10-18-8-4-3-5-9-18;5*1-2(3)4/h1-3,6-7,20-22,26H,4-5,8-18H2;1-6,8-11,21-22,25H,7,12-18H2;3-5,8-9,20-21,25H,2,6-7,10-18H2,1H3;6-8,10-11,20-21,25H,4-5,9,12-18H2,1-3H3;3-5,8-9,19-20,24H,2,6-7,10-17H2,1H3;5*1H3,(H,3,4)/t2*21?,22-;2*20?,21-;19?,20-;;;;;/m00000...../s1. The first-order chi connectivity index (χ1) is 71.8. The zero-order valence-corrected chi connectivity index (χ0v) is 92.6. The van der Waals surface area contributed by atoms with Crippen molar-refractivity contribution < 1.29 is 99.0 Å². The fourth-order valence-corrected chi connectivity index (χ4v) is 23.0. The van der Waals surface area contributed by atoms with Gasteiger partial charge in [0.1, 0.15) is 0 Å². The molecule has 5 saturated heterocycles. The van der Waals surface area contributed by atoms with Gasteiger partial charge in [-0.15, -0.1) is 0 Å². The van der Waals surface area contributed by atoms with E-state index in [0.29, 0.717) is 106 Å². The third kappa shape index (κ3) is 48.8. The summed E-state index contributed by atoms with van der Waals surface area (Å²) in [6.07, 6.45) is 48.9. The maximum absolute atomic E-state index is 12.4. The van der Waals surface area contributed by atoms with Crippen molar-refractivity contribution in [1.29, 1.82) is 0 Å². The van der Waals surface area contributed by atoms with Gasteiger partial charge in [0.05, 0.1) is 30.5 Å². The lowest BCUT2D eigenvalue weighted by molar-refractivity contribution is -0.135. The Bertz CT molecular complexity index is 4690. The molecule has 25 heteroatoms. The van der Waals surface area contributed by atoms with E-state index >= 15 is 0 Å². The van der Waals surface area contributed by atoms with Crippen LogP contribution in [-0.2, 0) is 86.5 Å². The molecule has 0 radical (unpaired) electrons. The van der Waals surface area contributed by atoms with Crippen LogP contribution in [0, 0.1) is 27.6 Å². The molecule has 5 unspecified atom stereocenters. The summed E-state index contributed by atoms with van der Waals surface area (Å²) in [6.45, 7) is 19.9. The van der Waals surface area contributed by atoms with Crippen molar-refractivity contribution in [3.63, 3.8) is 0 Å². The fourth-order valence-electron chi connectivity index (χ4n) is 23.0. The van der Waals surface area contributed by atoms with E-state index in [-0.39, 0.29) is 63.8 Å². The maximum atomic E-state index is 12.4. The van der Waals surface area contributed by atoms with E-state index in [1.165, 1.54) is 79.2 Å². The number of aliphatic carboxylic acids is 5. The van der Waals surface area contributed by atoms with Crippen LogP contribution in [0.5, 0.6) is 0 Å². The summed E-state index contributed by atoms with van der Waals surface area (Å²) in [5.74, 6) is -1.89. The first-order valence-corrected chi connectivity index (χ1v) is 56.9. The zero-order chi connectivity index (χ0) is 110. The summed E-state index contributed by atoms with van der Waals surface area (Å²) in [5, 5.41) is 90.4. The Balaban J connectivity index is 0.000000273. The highest BCUT2D eigenvalue weighted by Crippen LogP contribution is 2.54. The molecule has 25 nitrogen and oxygen atoms in total. The number of amides is 5. The van der Waals surface area contributed by atoms with E-state index in [2.05, 4.69) is 189 Å². The van der Waals surface area contributed by atoms with Crippen molar-refractivity contribution in [3.8, 4) is 0 Å². The van der Waals surface area contributed by atoms with Crippen molar-refractivity contribution in [2.75, 3.05) is 32.7 Å². The van der Waals surface area contributed by atoms with Crippen molar-refractivity contribution in [1.82, 2.24) is 24.5 Å². The van der Waals surface area contributed by atoms with Gasteiger partial charge in [-0.1, -0.05) is 268 Å². The number of likely N-dealkylation sites (tertiary alicyclic amines) is 5. The van der Waals surface area contributed by atoms with Crippen LogP contribution in [0.3, 0.4) is 0 Å². The van der Waals surface area contributed by atoms with Gasteiger partial charge in [-0.25, -0.2) is 0 Å². The van der Waals surface area contributed by atoms with E-state index in [0.717, 1.165) is 278 Å². The zero-order valence-electron chi connectivity index (χ0n) is 92.6. The van der Waals surface area contributed by atoms with E-state index < -0.39 is 36.0 Å². The monoisotopic (exact) mass is 2080 g/mol. The van der Waals surface area contributed by atoms with Gasteiger partial charge < -0.3 is 75.6 Å². The highest BCUT2D eigenvalue weighted by Gasteiger charge is 2.48. The summed E-state index contributed by atoms with van der Waals surface area (Å²) in [5.41, 5.74) is 8.44. The number of carboxylic acid groups (broad SMARTS) is 5. The average molecular weight is 2080 g/mol. The Morgan fingerprint density at radius 3 is 0.793 bits per heavy atom. The Morgan fingerprint density at radius 1 is 0.320 bits per heavy atom. The second-order valence-corrected chi connectivity index (χ2v) is 44.2. The van der Waals surface area contributed by atoms with Gasteiger partial charge in [0.2, 0.25) is 29.5 Å². The Hall–Kier alpha value is -10.2. The summed E-state index contributed by atoms with van der Waals surface area (Å²) in [4.78, 5) is 117. The first-order valence-electron chi connectivity index (χ1n) is 56.9. The minimum Gasteiger partial charge on any atom is -0.481 e. The SMILES string of the molecule is CC(=O)O.CC(=O)O.CC(=O)O.CC(=O)O.CC(=O)O.CCC1([C@@H](O)CCN2C(=O)CCC2CCCc2ccccc2)CCC1.CCCC1([C@@H](O)CCN2C(=O)CCC2CCCc2ccccc2)CCC1.CCCCC(C)(C)[C@@H](O)CCN1C(=O)CCC1CCCc1ccccc1.O=C1CCC(CCCc2ccccc2)N1CC[C@H](O)C1(CC2CC2)CCC1.O=C1CCC(CCCc2ccccc2)N1CC[C@H](O)Cc1ccccc1. The number of aliphatic hydroxyl groups excluding tert-OH is 5. The molecule has 150 heavy (non-hydrogen) atoms. The van der Waals surface area contributed by atoms with Crippen molar-refractivity contribution in [3.05, 3.63) is 215 Å². The molecule has 6 aromatic rings. The molecule has 10 N–H and O–H groups in total. The van der Waals surface area contributed by atoms with E-state index in [1.807, 2.05) is 52.3 Å². The van der Waals surface area contributed by atoms with Crippen LogP contribution in [-0.4, -0.2) is 228 Å². The third-order valence-electron chi connectivity index (χ3n) is 32.2. The van der Waals surface area contributed by atoms with E-state index in [9.17, 15) is 49.5 Å². The molecular weight excluding hydrogens is 1890 g/mol. The molecule has 0 bridgehead atoms. The fraction of sp³-hybridized carbons (Fsp3) is 0.632. The number of nitrogens with zero attached hydrogens (tertiary/aromatic N) is 5. The van der Waals surface area contributed by atoms with Crippen LogP contribution in [0.4, 0.5) is 0 Å². The lowest BCUT2D eigenvalue weighted by atomic mass is 9.61. The normalized spacial score (nSPS) is 19.8. The molecule has 9 aliphatic rings. The number of hydrogen-bond acceptors (Lipinski definition) is 15. The van der Waals surface area contributed by atoms with Crippen LogP contribution in [0.2, 0.25) is 0 Å². The number of benzene rings is 6. The van der Waals surface area contributed by atoms with Gasteiger partial charge in [0.15, 0.2) is 0 Å². The summed E-state index contributed by atoms with van der Waals surface area (Å²) in [6, 6.07) is 64.8. The molecule has 0 aromatic heterocycles. The van der Waals surface area contributed by atoms with Crippen LogP contribution < -0.4 is 0 Å². The number of rotatable bonds is 49. The lowest BCUT2D eigenvalue weighted by Gasteiger charge is -2.46. The Kier molecular flexibility index (Phi) is 60.1. The molecule has 10 atom stereocenters. The molecule has 4 saturated carbocycles. The largest absolute Gasteiger partial charge is 0.481 e. The minimum absolute atomic E-state index is 0.0679. The number of carboxylic acids is 5. The van der Waals surface area contributed by atoms with Crippen LogP contribution in [0.1, 0.15) is 379 Å². The van der Waals surface area contributed by atoms with Crippen LogP contribution >= 0.6 is 0 Å². The highest BCUT2D eigenvalue weighted by molar-refractivity contribution is 5.81. The number of aryl methyl sites for hydroxylation is 5. The first kappa shape index (κ1) is 128. The number of aliphatic hydroxyl groups is 5. The smallest absolute Gasteiger partial charge is 0.300 e. The quantitative estimate of drug-likeness (QED) is 0.0170. The number of hydrogen-bond donors (Lipinski definition) is 10. The van der Waals surface area contributed by atoms with Gasteiger partial charge in [0, 0.05) is 130 Å². The minimum atomic E-state index is -0.833. The molecule has 5 heterocycles. The lowest BCUT2D eigenvalue weighted by Crippen LogP contribution is -2.44. The van der Waals surface area contributed by atoms with Crippen LogP contribution in [0.25, 0.3) is 0 Å². The molecule has 6 aromatic carbocycles. The second kappa shape index (κ2) is 70.2. The summed E-state index contributed by atoms with van der Waals surface area (Å²) < 4.78 is 0. The van der Waals surface area contributed by atoms with Crippen molar-refractivity contribution in [2.45, 2.75) is 445 Å². The van der Waals surface area contributed by atoms with Crippen molar-refractivity contribution in [2.24, 2.45) is 27.6 Å². The summed E-state index contributed by atoms with van der Waals surface area (Å²) in [7, 11) is 0. The topological polar surface area (TPSA) is 389 Å². The Labute approximate surface area is 898 Å². The predicted molar refractivity (Wildman–Crippen MR) is 595 cm³/mol. The number of carbonyl (C=O) groups excluding carboxylic acids is 5. The second-order valence-electron chi connectivity index (χ2n) is 44.2.